The molecule has 2 fully saturated rings. The molecule has 28 heavy (non-hydrogen) atoms. The number of rotatable bonds is 6. The van der Waals surface area contributed by atoms with Gasteiger partial charge < -0.3 is 10.2 Å². The van der Waals surface area contributed by atoms with Gasteiger partial charge in [0.1, 0.15) is 6.54 Å². The van der Waals surface area contributed by atoms with Gasteiger partial charge in [-0.1, -0.05) is 23.8 Å². The van der Waals surface area contributed by atoms with Crippen LogP contribution in [-0.4, -0.2) is 37.5 Å². The highest BCUT2D eigenvalue weighted by Gasteiger charge is 2.42. The van der Waals surface area contributed by atoms with Crippen molar-refractivity contribution in [1.29, 1.82) is 0 Å². The summed E-state index contributed by atoms with van der Waals surface area (Å²) < 4.78 is 0. The number of nitrogens with two attached hydrogens (primary N) is 1. The van der Waals surface area contributed by atoms with Crippen molar-refractivity contribution in [3.8, 4) is 0 Å². The van der Waals surface area contributed by atoms with Crippen LogP contribution in [-0.2, 0) is 16.1 Å². The Labute approximate surface area is 170 Å². The number of anilines is 1. The van der Waals surface area contributed by atoms with E-state index in [4.69, 9.17) is 0 Å². The van der Waals surface area contributed by atoms with Crippen molar-refractivity contribution in [1.82, 2.24) is 0 Å². The summed E-state index contributed by atoms with van der Waals surface area (Å²) in [5.41, 5.74) is 1.82. The van der Waals surface area contributed by atoms with Crippen molar-refractivity contribution in [2.75, 3.05) is 24.5 Å². The van der Waals surface area contributed by atoms with Crippen LogP contribution in [0.15, 0.2) is 41.8 Å². The number of thiophene rings is 1. The second-order valence-corrected chi connectivity index (χ2v) is 9.17. The zero-order chi connectivity index (χ0) is 19.5. The number of quaternary nitrogens is 2. The molecule has 0 bridgehead atoms. The first-order chi connectivity index (χ1) is 13.6. The number of likely N-dealkylation sites (tertiary alicyclic amines) is 1. The lowest BCUT2D eigenvalue weighted by molar-refractivity contribution is -0.920. The number of amides is 2. The summed E-state index contributed by atoms with van der Waals surface area (Å²) in [5.74, 6) is 0.503. The number of benzene rings is 1. The minimum Gasteiger partial charge on any atom is -0.335 e. The minimum absolute atomic E-state index is 0.0605. The molecule has 3 N–H and O–H groups in total. The number of carbonyl (C=O) groups excluding carboxylic acids is 2. The quantitative estimate of drug-likeness (QED) is 0.705. The van der Waals surface area contributed by atoms with E-state index in [2.05, 4.69) is 22.8 Å². The van der Waals surface area contributed by atoms with Gasteiger partial charge in [0.15, 0.2) is 6.04 Å². The summed E-state index contributed by atoms with van der Waals surface area (Å²) in [7, 11) is 0. The van der Waals surface area contributed by atoms with Gasteiger partial charge in [0, 0.05) is 18.8 Å². The van der Waals surface area contributed by atoms with Gasteiger partial charge in [0.05, 0.1) is 36.6 Å². The fraction of sp³-hybridized carbons (Fsp3) is 0.455. The maximum absolute atomic E-state index is 12.8. The molecule has 4 rings (SSSR count). The molecule has 2 aliphatic heterocycles. The van der Waals surface area contributed by atoms with Crippen molar-refractivity contribution in [3.05, 3.63) is 52.2 Å². The average Bonchev–Trinajstić information content (AvgIpc) is 3.30. The van der Waals surface area contributed by atoms with Crippen molar-refractivity contribution in [2.45, 2.75) is 38.8 Å². The van der Waals surface area contributed by atoms with Gasteiger partial charge >= 0.3 is 0 Å². The lowest BCUT2D eigenvalue weighted by atomic mass is 9.96. The molecular formula is C22H29N3O2S+2. The summed E-state index contributed by atoms with van der Waals surface area (Å²) in [5, 5.41) is 4.26. The molecular weight excluding hydrogens is 370 g/mol. The smallest absolute Gasteiger partial charge is 0.292 e. The molecule has 0 spiro atoms. The van der Waals surface area contributed by atoms with Gasteiger partial charge in [0.25, 0.3) is 5.91 Å². The van der Waals surface area contributed by atoms with Gasteiger partial charge in [-0.15, -0.1) is 11.3 Å². The van der Waals surface area contributed by atoms with E-state index >= 15 is 0 Å². The Hall–Kier alpha value is -2.02. The normalized spacial score (nSPS) is 25.5. The monoisotopic (exact) mass is 399 g/mol. The summed E-state index contributed by atoms with van der Waals surface area (Å²) in [6.45, 7) is 6.47. The zero-order valence-electron chi connectivity index (χ0n) is 16.4. The van der Waals surface area contributed by atoms with Crippen LogP contribution >= 0.6 is 11.3 Å². The largest absolute Gasteiger partial charge is 0.335 e. The van der Waals surface area contributed by atoms with Crippen molar-refractivity contribution >= 4 is 28.8 Å². The first-order valence-electron chi connectivity index (χ1n) is 10.2. The zero-order valence-corrected chi connectivity index (χ0v) is 17.2. The van der Waals surface area contributed by atoms with Crippen LogP contribution in [0.5, 0.6) is 0 Å². The topological polar surface area (TPSA) is 58.4 Å². The number of carbonyl (C=O) groups is 2. The SMILES string of the molecule is Cc1ccc(N2C(=O)C[C@@H]([NH2+]CC3CC[NH+](Cc4cccs4)CC3)C2=O)cc1. The standard InChI is InChI=1S/C22H27N3O2S/c1-16-4-6-18(7-5-16)25-21(26)13-20(22(25)27)23-14-17-8-10-24(11-9-17)15-19-3-2-12-28-19/h2-7,12,17,20,23H,8-11,13-15H2,1H3/p+2/t20-/m1/s1. The molecule has 1 atom stereocenters. The van der Waals surface area contributed by atoms with E-state index in [1.807, 2.05) is 42.5 Å². The van der Waals surface area contributed by atoms with Crippen molar-refractivity contribution in [2.24, 2.45) is 5.92 Å². The molecule has 3 heterocycles. The van der Waals surface area contributed by atoms with Crippen LogP contribution in [0.4, 0.5) is 5.69 Å². The van der Waals surface area contributed by atoms with Crippen LogP contribution in [0, 0.1) is 12.8 Å². The average molecular weight is 400 g/mol. The first-order valence-corrected chi connectivity index (χ1v) is 11.1. The predicted octanol–water partition coefficient (Wildman–Crippen LogP) is 0.747. The number of piperidine rings is 1. The Kier molecular flexibility index (Phi) is 5.90. The van der Waals surface area contributed by atoms with Gasteiger partial charge in [-0.25, -0.2) is 4.90 Å². The predicted molar refractivity (Wildman–Crippen MR) is 110 cm³/mol. The van der Waals surface area contributed by atoms with Gasteiger partial charge in [0.2, 0.25) is 5.91 Å². The van der Waals surface area contributed by atoms with Crippen molar-refractivity contribution in [3.63, 3.8) is 0 Å². The Bertz CT molecular complexity index is 811. The molecule has 1 aromatic carbocycles. The molecule has 0 unspecified atom stereocenters. The molecule has 6 heteroatoms. The maximum Gasteiger partial charge on any atom is 0.292 e. The molecule has 2 aromatic rings. The van der Waals surface area contributed by atoms with E-state index in [-0.39, 0.29) is 17.9 Å². The number of hydrogen-bond donors (Lipinski definition) is 2. The van der Waals surface area contributed by atoms with Crippen LogP contribution in [0.1, 0.15) is 29.7 Å². The Morgan fingerprint density at radius 3 is 2.57 bits per heavy atom. The van der Waals surface area contributed by atoms with E-state index < -0.39 is 0 Å². The second-order valence-electron chi connectivity index (χ2n) is 8.13. The molecule has 2 aliphatic rings. The van der Waals surface area contributed by atoms with E-state index in [1.54, 1.807) is 4.90 Å². The van der Waals surface area contributed by atoms with Gasteiger partial charge in [-0.05, 0) is 30.5 Å². The van der Waals surface area contributed by atoms with Gasteiger partial charge in [-0.2, -0.15) is 0 Å². The number of nitrogens with one attached hydrogen (secondary N) is 1. The number of aryl methyl sites for hydroxylation is 1. The lowest BCUT2D eigenvalue weighted by Crippen LogP contribution is -3.12. The first kappa shape index (κ1) is 19.3. The third kappa shape index (κ3) is 4.35. The fourth-order valence-corrected chi connectivity index (χ4v) is 5.10. The Balaban J connectivity index is 1.26. The minimum atomic E-state index is -0.259. The lowest BCUT2D eigenvalue weighted by Gasteiger charge is -2.28. The number of imide groups is 1. The molecule has 5 nitrogen and oxygen atoms in total. The van der Waals surface area contributed by atoms with Crippen LogP contribution in [0.2, 0.25) is 0 Å². The highest BCUT2D eigenvalue weighted by Crippen LogP contribution is 2.22. The van der Waals surface area contributed by atoms with Crippen LogP contribution in [0.3, 0.4) is 0 Å². The molecule has 0 radical (unpaired) electrons. The summed E-state index contributed by atoms with van der Waals surface area (Å²) >= 11 is 1.84. The number of nitrogens with zero attached hydrogens (tertiary/aromatic N) is 1. The third-order valence-electron chi connectivity index (χ3n) is 6.04. The molecule has 2 amide bonds. The molecule has 1 aromatic heterocycles. The van der Waals surface area contributed by atoms with E-state index in [0.717, 1.165) is 18.7 Å². The van der Waals surface area contributed by atoms with Crippen molar-refractivity contribution < 1.29 is 19.8 Å². The van der Waals surface area contributed by atoms with Crippen LogP contribution < -0.4 is 15.1 Å². The Morgan fingerprint density at radius 2 is 1.89 bits per heavy atom. The number of hydrogen-bond acceptors (Lipinski definition) is 3. The molecule has 148 valence electrons. The van der Waals surface area contributed by atoms with Gasteiger partial charge in [-0.3, -0.25) is 9.59 Å². The second kappa shape index (κ2) is 8.55. The van der Waals surface area contributed by atoms with Crippen LogP contribution in [0.25, 0.3) is 0 Å². The summed E-state index contributed by atoms with van der Waals surface area (Å²) in [6.07, 6.45) is 2.72. The summed E-state index contributed by atoms with van der Waals surface area (Å²) in [6, 6.07) is 11.7. The summed E-state index contributed by atoms with van der Waals surface area (Å²) in [4.78, 5) is 29.7. The highest BCUT2D eigenvalue weighted by molar-refractivity contribution is 7.09. The molecule has 2 saturated heterocycles. The molecule has 0 saturated carbocycles. The molecule has 0 aliphatic carbocycles. The van der Waals surface area contributed by atoms with E-state index in [1.165, 1.54) is 35.7 Å². The highest BCUT2D eigenvalue weighted by atomic mass is 32.1. The third-order valence-corrected chi connectivity index (χ3v) is 6.92. The van der Waals surface area contributed by atoms with E-state index in [9.17, 15) is 9.59 Å². The Morgan fingerprint density at radius 1 is 1.14 bits per heavy atom. The van der Waals surface area contributed by atoms with E-state index in [0.29, 0.717) is 18.0 Å². The fourth-order valence-electron chi connectivity index (χ4n) is 4.32. The maximum atomic E-state index is 12.8.